The molecule has 0 saturated carbocycles. The van der Waals surface area contributed by atoms with Crippen LogP contribution < -0.4 is 10.5 Å². The lowest BCUT2D eigenvalue weighted by Crippen LogP contribution is -2.22. The summed E-state index contributed by atoms with van der Waals surface area (Å²) in [4.78, 5) is 25.0. The summed E-state index contributed by atoms with van der Waals surface area (Å²) in [6, 6.07) is 11.3. The van der Waals surface area contributed by atoms with E-state index in [0.717, 1.165) is 5.56 Å². The first-order valence-electron chi connectivity index (χ1n) is 10.8. The van der Waals surface area contributed by atoms with Gasteiger partial charge >= 0.3 is 5.97 Å². The van der Waals surface area contributed by atoms with Crippen LogP contribution in [0.1, 0.15) is 34.6 Å². The van der Waals surface area contributed by atoms with Gasteiger partial charge in [-0.05, 0) is 30.7 Å². The number of imidazole rings is 1. The standard InChI is InChI=1S/C24H20N8O3/c1-3-34-24(33)22-29-11-12-32(22)15-7-5-14(6-8-15)17-16(13-25)20(26)35-23-18(17)19(30-31(23)2)21-27-9-4-10-28-21/h4-12,17H,3,26H2,1-2H3. The topological polar surface area (TPSA) is 147 Å². The molecular formula is C24H20N8O3. The minimum atomic E-state index is -0.558. The molecule has 0 bridgehead atoms. The molecule has 4 heterocycles. The van der Waals surface area contributed by atoms with Gasteiger partial charge in [0.15, 0.2) is 5.82 Å². The Balaban J connectivity index is 1.61. The number of hydrogen-bond donors (Lipinski definition) is 1. The van der Waals surface area contributed by atoms with Crippen LogP contribution in [0.25, 0.3) is 17.2 Å². The second-order valence-electron chi connectivity index (χ2n) is 7.62. The van der Waals surface area contributed by atoms with Gasteiger partial charge in [-0.25, -0.2) is 24.4 Å². The monoisotopic (exact) mass is 468 g/mol. The van der Waals surface area contributed by atoms with Crippen LogP contribution in [0.3, 0.4) is 0 Å². The number of carbonyl (C=O) groups excluding carboxylic acids is 1. The van der Waals surface area contributed by atoms with Crippen molar-refractivity contribution in [3.8, 4) is 29.2 Å². The quantitative estimate of drug-likeness (QED) is 0.436. The summed E-state index contributed by atoms with van der Waals surface area (Å²) in [6.07, 6.45) is 6.46. The molecule has 0 spiro atoms. The van der Waals surface area contributed by atoms with Crippen LogP contribution in [-0.2, 0) is 11.8 Å². The zero-order valence-electron chi connectivity index (χ0n) is 18.9. The van der Waals surface area contributed by atoms with Gasteiger partial charge in [-0.3, -0.25) is 4.57 Å². The van der Waals surface area contributed by atoms with Crippen molar-refractivity contribution in [3.05, 3.63) is 83.5 Å². The van der Waals surface area contributed by atoms with E-state index in [4.69, 9.17) is 15.2 Å². The van der Waals surface area contributed by atoms with E-state index in [0.29, 0.717) is 28.6 Å². The van der Waals surface area contributed by atoms with Crippen molar-refractivity contribution in [1.82, 2.24) is 29.3 Å². The molecule has 1 aliphatic heterocycles. The number of ether oxygens (including phenoxy) is 2. The zero-order valence-corrected chi connectivity index (χ0v) is 18.9. The molecule has 0 radical (unpaired) electrons. The van der Waals surface area contributed by atoms with Crippen molar-refractivity contribution in [1.29, 1.82) is 5.26 Å². The van der Waals surface area contributed by atoms with Gasteiger partial charge in [0.05, 0.1) is 18.1 Å². The molecular weight excluding hydrogens is 448 g/mol. The number of rotatable bonds is 5. The van der Waals surface area contributed by atoms with E-state index in [-0.39, 0.29) is 23.9 Å². The Hall–Kier alpha value is -4.98. The average molecular weight is 468 g/mol. The van der Waals surface area contributed by atoms with E-state index in [2.05, 4.69) is 26.1 Å². The highest BCUT2D eigenvalue weighted by Crippen LogP contribution is 2.46. The van der Waals surface area contributed by atoms with Gasteiger partial charge in [-0.15, -0.1) is 0 Å². The van der Waals surface area contributed by atoms with Gasteiger partial charge in [0.25, 0.3) is 0 Å². The van der Waals surface area contributed by atoms with Gasteiger partial charge in [-0.1, -0.05) is 12.1 Å². The van der Waals surface area contributed by atoms with Gasteiger partial charge in [0, 0.05) is 37.5 Å². The third-order valence-corrected chi connectivity index (χ3v) is 5.58. The summed E-state index contributed by atoms with van der Waals surface area (Å²) in [6.45, 7) is 1.99. The molecule has 11 nitrogen and oxygen atoms in total. The van der Waals surface area contributed by atoms with Crippen LogP contribution in [-0.4, -0.2) is 41.9 Å². The number of nitrogens with two attached hydrogens (primary N) is 1. The van der Waals surface area contributed by atoms with Crippen LogP contribution >= 0.6 is 0 Å². The lowest BCUT2D eigenvalue weighted by atomic mass is 9.84. The molecule has 1 unspecified atom stereocenters. The largest absolute Gasteiger partial charge is 0.460 e. The molecule has 174 valence electrons. The number of fused-ring (bicyclic) bond motifs is 1. The maximum absolute atomic E-state index is 12.2. The predicted octanol–water partition coefficient (Wildman–Crippen LogP) is 2.46. The summed E-state index contributed by atoms with van der Waals surface area (Å²) in [7, 11) is 1.73. The zero-order chi connectivity index (χ0) is 24.5. The molecule has 4 aromatic rings. The van der Waals surface area contributed by atoms with Gasteiger partial charge in [0.2, 0.25) is 17.6 Å². The Morgan fingerprint density at radius 1 is 1.20 bits per heavy atom. The number of allylic oxidation sites excluding steroid dienone is 1. The highest BCUT2D eigenvalue weighted by molar-refractivity contribution is 5.86. The molecule has 0 aliphatic carbocycles. The Bertz CT molecular complexity index is 1480. The van der Waals surface area contributed by atoms with Crippen molar-refractivity contribution in [2.75, 3.05) is 6.61 Å². The lowest BCUT2D eigenvalue weighted by molar-refractivity contribution is 0.0510. The number of nitriles is 1. The lowest BCUT2D eigenvalue weighted by Gasteiger charge is -2.24. The molecule has 1 aliphatic rings. The van der Waals surface area contributed by atoms with Crippen molar-refractivity contribution >= 4 is 5.97 Å². The van der Waals surface area contributed by atoms with Crippen LogP contribution in [0, 0.1) is 11.3 Å². The minimum Gasteiger partial charge on any atom is -0.460 e. The number of nitrogens with zero attached hydrogens (tertiary/aromatic N) is 7. The molecule has 0 saturated heterocycles. The summed E-state index contributed by atoms with van der Waals surface area (Å²) < 4.78 is 14.1. The maximum Gasteiger partial charge on any atom is 0.374 e. The van der Waals surface area contributed by atoms with Crippen molar-refractivity contribution in [3.63, 3.8) is 0 Å². The molecule has 2 N–H and O–H groups in total. The second-order valence-corrected chi connectivity index (χ2v) is 7.62. The Morgan fingerprint density at radius 3 is 2.63 bits per heavy atom. The summed E-state index contributed by atoms with van der Waals surface area (Å²) >= 11 is 0. The van der Waals surface area contributed by atoms with Gasteiger partial charge in [-0.2, -0.15) is 10.4 Å². The van der Waals surface area contributed by atoms with Crippen molar-refractivity contribution in [2.24, 2.45) is 12.8 Å². The number of benzene rings is 1. The molecule has 3 aromatic heterocycles. The second kappa shape index (κ2) is 8.75. The molecule has 11 heteroatoms. The molecule has 1 atom stereocenters. The van der Waals surface area contributed by atoms with Gasteiger partial charge < -0.3 is 15.2 Å². The normalized spacial score (nSPS) is 14.7. The van der Waals surface area contributed by atoms with E-state index < -0.39 is 11.9 Å². The molecule has 1 aromatic carbocycles. The van der Waals surface area contributed by atoms with Crippen LogP contribution in [0.2, 0.25) is 0 Å². The van der Waals surface area contributed by atoms with E-state index in [1.54, 1.807) is 47.9 Å². The van der Waals surface area contributed by atoms with Crippen LogP contribution in [0.5, 0.6) is 5.88 Å². The Morgan fingerprint density at radius 2 is 1.94 bits per heavy atom. The predicted molar refractivity (Wildman–Crippen MR) is 123 cm³/mol. The molecule has 35 heavy (non-hydrogen) atoms. The number of aryl methyl sites for hydroxylation is 1. The first-order valence-corrected chi connectivity index (χ1v) is 10.8. The van der Waals surface area contributed by atoms with E-state index >= 15 is 0 Å². The maximum atomic E-state index is 12.2. The summed E-state index contributed by atoms with van der Waals surface area (Å²) in [5.74, 6) is -0.0666. The Labute approximate surface area is 200 Å². The Kier molecular flexibility index (Phi) is 5.46. The van der Waals surface area contributed by atoms with Crippen LogP contribution in [0.4, 0.5) is 0 Å². The van der Waals surface area contributed by atoms with Crippen molar-refractivity contribution in [2.45, 2.75) is 12.8 Å². The number of aromatic nitrogens is 6. The third-order valence-electron chi connectivity index (χ3n) is 5.58. The van der Waals surface area contributed by atoms with E-state index in [1.165, 1.54) is 6.20 Å². The van der Waals surface area contributed by atoms with E-state index in [1.807, 2.05) is 24.3 Å². The van der Waals surface area contributed by atoms with Crippen LogP contribution in [0.15, 0.2) is 66.6 Å². The summed E-state index contributed by atoms with van der Waals surface area (Å²) in [5.41, 5.74) is 9.02. The molecule has 5 rings (SSSR count). The number of carbonyl (C=O) groups is 1. The smallest absolute Gasteiger partial charge is 0.374 e. The minimum absolute atomic E-state index is 0.0109. The highest BCUT2D eigenvalue weighted by Gasteiger charge is 2.37. The fraction of sp³-hybridized carbons (Fsp3) is 0.167. The first kappa shape index (κ1) is 21.8. The SMILES string of the molecule is CCOC(=O)c1nccn1-c1ccc(C2C(C#N)=C(N)Oc3c2c(-c2ncccn2)nn3C)cc1. The van der Waals surface area contributed by atoms with Gasteiger partial charge in [0.1, 0.15) is 17.3 Å². The third kappa shape index (κ3) is 3.67. The number of esters is 1. The highest BCUT2D eigenvalue weighted by atomic mass is 16.5. The van der Waals surface area contributed by atoms with E-state index in [9.17, 15) is 10.1 Å². The summed E-state index contributed by atoms with van der Waals surface area (Å²) in [5, 5.41) is 14.5. The molecule has 0 fully saturated rings. The molecule has 0 amide bonds. The van der Waals surface area contributed by atoms with Crippen molar-refractivity contribution < 1.29 is 14.3 Å². The number of hydrogen-bond acceptors (Lipinski definition) is 9. The fourth-order valence-corrected chi connectivity index (χ4v) is 4.08. The average Bonchev–Trinajstić information content (AvgIpc) is 3.49. The fourth-order valence-electron chi connectivity index (χ4n) is 4.08. The first-order chi connectivity index (χ1) is 17.0.